The predicted molar refractivity (Wildman–Crippen MR) is 80.3 cm³/mol. The summed E-state index contributed by atoms with van der Waals surface area (Å²) in [5.74, 6) is 0.454. The summed E-state index contributed by atoms with van der Waals surface area (Å²) in [5.41, 5.74) is 7.71. The number of nitrogens with zero attached hydrogens (tertiary/aromatic N) is 1. The van der Waals surface area contributed by atoms with Crippen molar-refractivity contribution in [3.63, 3.8) is 0 Å². The van der Waals surface area contributed by atoms with Crippen LogP contribution < -0.4 is 15.8 Å². The van der Waals surface area contributed by atoms with Crippen LogP contribution in [0.2, 0.25) is 0 Å². The van der Waals surface area contributed by atoms with Crippen LogP contribution >= 0.6 is 11.3 Å². The number of hydrogen-bond donors (Lipinski definition) is 2. The Kier molecular flexibility index (Phi) is 4.57. The maximum Gasteiger partial charge on any atom is 0.253 e. The van der Waals surface area contributed by atoms with E-state index < -0.39 is 0 Å². The molecule has 0 spiro atoms. The molecule has 5 nitrogen and oxygen atoms in total. The van der Waals surface area contributed by atoms with Crippen LogP contribution in [0, 0.1) is 6.92 Å². The lowest BCUT2D eigenvalue weighted by Crippen LogP contribution is -2.26. The number of carbonyl (C=O) groups excluding carboxylic acids is 1. The largest absolute Gasteiger partial charge is 0.497 e. The first-order chi connectivity index (χ1) is 9.60. The van der Waals surface area contributed by atoms with Crippen LogP contribution in [0.1, 0.15) is 21.1 Å². The number of aromatic nitrogens is 1. The summed E-state index contributed by atoms with van der Waals surface area (Å²) in [4.78, 5) is 16.4. The van der Waals surface area contributed by atoms with Gasteiger partial charge in [0, 0.05) is 35.8 Å². The number of carbonyl (C=O) groups is 1. The van der Waals surface area contributed by atoms with Gasteiger partial charge in [-0.1, -0.05) is 0 Å². The Bertz CT molecular complexity index is 610. The minimum absolute atomic E-state index is 0.182. The second-order valence-corrected chi connectivity index (χ2v) is 5.28. The highest BCUT2D eigenvalue weighted by Crippen LogP contribution is 2.19. The number of thiazole rings is 1. The van der Waals surface area contributed by atoms with E-state index in [2.05, 4.69) is 10.3 Å². The lowest BCUT2D eigenvalue weighted by Gasteiger charge is -2.08. The highest BCUT2D eigenvalue weighted by atomic mass is 32.1. The Labute approximate surface area is 121 Å². The number of nitrogens with one attached hydrogen (secondary N) is 1. The Morgan fingerprint density at radius 1 is 1.50 bits per heavy atom. The zero-order valence-electron chi connectivity index (χ0n) is 11.5. The number of rotatable bonds is 5. The maximum absolute atomic E-state index is 12.0. The number of methoxy groups -OCH3 is 1. The smallest absolute Gasteiger partial charge is 0.253 e. The maximum atomic E-state index is 12.0. The summed E-state index contributed by atoms with van der Waals surface area (Å²) in [6, 6.07) is 5.02. The molecule has 2 aromatic rings. The fourth-order valence-electron chi connectivity index (χ4n) is 1.77. The summed E-state index contributed by atoms with van der Waals surface area (Å²) >= 11 is 1.60. The molecule has 1 heterocycles. The molecule has 0 aliphatic heterocycles. The lowest BCUT2D eigenvalue weighted by atomic mass is 10.1. The molecule has 1 amide bonds. The van der Waals surface area contributed by atoms with Gasteiger partial charge in [-0.2, -0.15) is 0 Å². The van der Waals surface area contributed by atoms with Gasteiger partial charge in [-0.05, 0) is 19.1 Å². The Hall–Kier alpha value is -2.08. The standard InChI is InChI=1S/C14H17N3O2S/c1-9-8-20-13(17-9)5-6-16-14(18)11-4-3-10(19-2)7-12(11)15/h3-4,7-8H,5-6,15H2,1-2H3,(H,16,18). The molecule has 0 aliphatic rings. The van der Waals surface area contributed by atoms with E-state index in [1.807, 2.05) is 12.3 Å². The molecule has 6 heteroatoms. The van der Waals surface area contributed by atoms with Gasteiger partial charge in [0.05, 0.1) is 17.7 Å². The fourth-order valence-corrected chi connectivity index (χ4v) is 2.55. The highest BCUT2D eigenvalue weighted by molar-refractivity contribution is 7.09. The molecule has 0 bridgehead atoms. The van der Waals surface area contributed by atoms with Crippen molar-refractivity contribution in [2.75, 3.05) is 19.4 Å². The first kappa shape index (κ1) is 14.3. The van der Waals surface area contributed by atoms with Crippen molar-refractivity contribution in [1.29, 1.82) is 0 Å². The monoisotopic (exact) mass is 291 g/mol. The molecular formula is C14H17N3O2S. The summed E-state index contributed by atoms with van der Waals surface area (Å²) in [6.07, 6.45) is 0.723. The second-order valence-electron chi connectivity index (χ2n) is 4.34. The third-order valence-corrected chi connectivity index (χ3v) is 3.82. The van der Waals surface area contributed by atoms with Crippen molar-refractivity contribution >= 4 is 22.9 Å². The minimum atomic E-state index is -0.182. The molecule has 1 aromatic carbocycles. The molecule has 2 rings (SSSR count). The van der Waals surface area contributed by atoms with Crippen LogP contribution in [-0.4, -0.2) is 24.5 Å². The van der Waals surface area contributed by atoms with E-state index in [-0.39, 0.29) is 5.91 Å². The molecule has 0 fully saturated rings. The summed E-state index contributed by atoms with van der Waals surface area (Å²) in [6.45, 7) is 2.49. The number of amides is 1. The number of anilines is 1. The molecule has 0 saturated heterocycles. The molecule has 1 aromatic heterocycles. The van der Waals surface area contributed by atoms with Crippen molar-refractivity contribution in [2.24, 2.45) is 0 Å². The molecule has 0 aliphatic carbocycles. The number of nitrogen functional groups attached to an aromatic ring is 1. The van der Waals surface area contributed by atoms with Gasteiger partial charge in [-0.15, -0.1) is 11.3 Å². The van der Waals surface area contributed by atoms with E-state index in [1.165, 1.54) is 0 Å². The van der Waals surface area contributed by atoms with Crippen LogP contribution in [0.5, 0.6) is 5.75 Å². The number of aryl methyl sites for hydroxylation is 1. The molecule has 0 atom stereocenters. The SMILES string of the molecule is COc1ccc(C(=O)NCCc2nc(C)cs2)c(N)c1. The fraction of sp³-hybridized carbons (Fsp3) is 0.286. The van der Waals surface area contributed by atoms with Gasteiger partial charge in [-0.25, -0.2) is 4.98 Å². The molecule has 0 unspecified atom stereocenters. The third-order valence-electron chi connectivity index (χ3n) is 2.79. The van der Waals surface area contributed by atoms with Crippen LogP contribution in [0.4, 0.5) is 5.69 Å². The van der Waals surface area contributed by atoms with Gasteiger partial charge in [0.2, 0.25) is 0 Å². The molecule has 106 valence electrons. The van der Waals surface area contributed by atoms with E-state index in [9.17, 15) is 4.79 Å². The summed E-state index contributed by atoms with van der Waals surface area (Å²) in [5, 5.41) is 5.86. The molecular weight excluding hydrogens is 274 g/mol. The Morgan fingerprint density at radius 2 is 2.30 bits per heavy atom. The average Bonchev–Trinajstić information content (AvgIpc) is 2.84. The average molecular weight is 291 g/mol. The van der Waals surface area contributed by atoms with Crippen molar-refractivity contribution in [2.45, 2.75) is 13.3 Å². The van der Waals surface area contributed by atoms with Gasteiger partial charge >= 0.3 is 0 Å². The molecule has 20 heavy (non-hydrogen) atoms. The summed E-state index contributed by atoms with van der Waals surface area (Å²) < 4.78 is 5.05. The predicted octanol–water partition coefficient (Wildman–Crippen LogP) is 2.01. The first-order valence-corrected chi connectivity index (χ1v) is 7.11. The zero-order valence-corrected chi connectivity index (χ0v) is 12.3. The highest BCUT2D eigenvalue weighted by Gasteiger charge is 2.10. The molecule has 0 saturated carbocycles. The molecule has 0 radical (unpaired) electrons. The molecule has 3 N–H and O–H groups in total. The van der Waals surface area contributed by atoms with Gasteiger partial charge in [-0.3, -0.25) is 4.79 Å². The van der Waals surface area contributed by atoms with Gasteiger partial charge in [0.15, 0.2) is 0 Å². The van der Waals surface area contributed by atoms with Gasteiger partial charge in [0.25, 0.3) is 5.91 Å². The van der Waals surface area contributed by atoms with Crippen LogP contribution in [0.3, 0.4) is 0 Å². The minimum Gasteiger partial charge on any atom is -0.497 e. The van der Waals surface area contributed by atoms with Crippen LogP contribution in [0.15, 0.2) is 23.6 Å². The normalized spacial score (nSPS) is 10.3. The second kappa shape index (κ2) is 6.38. The topological polar surface area (TPSA) is 77.2 Å². The van der Waals surface area contributed by atoms with Crippen LogP contribution in [-0.2, 0) is 6.42 Å². The van der Waals surface area contributed by atoms with E-state index in [4.69, 9.17) is 10.5 Å². The quantitative estimate of drug-likeness (QED) is 0.826. The van der Waals surface area contributed by atoms with Crippen molar-refractivity contribution in [3.8, 4) is 5.75 Å². The van der Waals surface area contributed by atoms with E-state index in [1.54, 1.807) is 36.6 Å². The number of ether oxygens (including phenoxy) is 1. The number of hydrogen-bond acceptors (Lipinski definition) is 5. The number of benzene rings is 1. The first-order valence-electron chi connectivity index (χ1n) is 6.23. The van der Waals surface area contributed by atoms with E-state index in [0.717, 1.165) is 17.1 Å². The van der Waals surface area contributed by atoms with Crippen LogP contribution in [0.25, 0.3) is 0 Å². The zero-order chi connectivity index (χ0) is 14.5. The van der Waals surface area contributed by atoms with Gasteiger partial charge < -0.3 is 15.8 Å². The van der Waals surface area contributed by atoms with Crippen molar-refractivity contribution in [3.05, 3.63) is 39.8 Å². The van der Waals surface area contributed by atoms with Crippen molar-refractivity contribution in [1.82, 2.24) is 10.3 Å². The van der Waals surface area contributed by atoms with E-state index >= 15 is 0 Å². The van der Waals surface area contributed by atoms with Crippen molar-refractivity contribution < 1.29 is 9.53 Å². The van der Waals surface area contributed by atoms with Gasteiger partial charge in [0.1, 0.15) is 5.75 Å². The Morgan fingerprint density at radius 3 is 2.90 bits per heavy atom. The third kappa shape index (κ3) is 3.48. The lowest BCUT2D eigenvalue weighted by molar-refractivity contribution is 0.0955. The summed E-state index contributed by atoms with van der Waals surface area (Å²) in [7, 11) is 1.56. The Balaban J connectivity index is 1.91. The van der Waals surface area contributed by atoms with E-state index in [0.29, 0.717) is 23.5 Å². The number of nitrogens with two attached hydrogens (primary N) is 1.